The van der Waals surface area contributed by atoms with Crippen molar-refractivity contribution in [1.29, 1.82) is 0 Å². The quantitative estimate of drug-likeness (QED) is 0.837. The van der Waals surface area contributed by atoms with E-state index in [1.807, 2.05) is 46.0 Å². The van der Waals surface area contributed by atoms with Crippen LogP contribution in [0.2, 0.25) is 0 Å². The van der Waals surface area contributed by atoms with Crippen LogP contribution in [0.5, 0.6) is 11.5 Å². The number of carbonyl (C=O) groups is 1. The molecule has 3 rings (SSSR count). The van der Waals surface area contributed by atoms with Crippen LogP contribution < -0.4 is 9.47 Å². The van der Waals surface area contributed by atoms with Crippen molar-refractivity contribution in [2.45, 2.75) is 32.9 Å². The number of hydrogen-bond acceptors (Lipinski definition) is 4. The minimum absolute atomic E-state index is 0.0483. The van der Waals surface area contributed by atoms with Gasteiger partial charge in [-0.25, -0.2) is 0 Å². The van der Waals surface area contributed by atoms with Crippen LogP contribution in [-0.2, 0) is 4.79 Å². The number of carbonyl (C=O) groups excluding carboxylic acids is 1. The van der Waals surface area contributed by atoms with E-state index in [9.17, 15) is 4.79 Å². The van der Waals surface area contributed by atoms with Gasteiger partial charge < -0.3 is 14.4 Å². The summed E-state index contributed by atoms with van der Waals surface area (Å²) in [7, 11) is 1.84. The third-order valence-corrected chi connectivity index (χ3v) is 4.16. The summed E-state index contributed by atoms with van der Waals surface area (Å²) in [5, 5.41) is 0. The third-order valence-electron chi connectivity index (χ3n) is 4.16. The zero-order valence-electron chi connectivity index (χ0n) is 12.8. The first kappa shape index (κ1) is 13.9. The molecule has 1 aromatic rings. The Hall–Kier alpha value is -2.04. The third kappa shape index (κ3) is 2.26. The molecule has 2 heterocycles. The predicted octanol–water partition coefficient (Wildman–Crippen LogP) is 2.09. The molecule has 0 fully saturated rings. The van der Waals surface area contributed by atoms with Gasteiger partial charge in [0, 0.05) is 12.6 Å². The Morgan fingerprint density at radius 2 is 2.00 bits per heavy atom. The molecule has 1 amide bonds. The van der Waals surface area contributed by atoms with Gasteiger partial charge in [0.1, 0.15) is 6.04 Å². The molecule has 0 bridgehead atoms. The molecule has 0 N–H and O–H groups in total. The van der Waals surface area contributed by atoms with E-state index < -0.39 is 0 Å². The van der Waals surface area contributed by atoms with Gasteiger partial charge in [-0.15, -0.1) is 0 Å². The summed E-state index contributed by atoms with van der Waals surface area (Å²) < 4.78 is 10.8. The average molecular weight is 288 g/mol. The monoisotopic (exact) mass is 288 g/mol. The molecule has 1 unspecified atom stereocenters. The van der Waals surface area contributed by atoms with Crippen LogP contribution in [0.4, 0.5) is 0 Å². The number of fused-ring (bicyclic) bond motifs is 1. The lowest BCUT2D eigenvalue weighted by Gasteiger charge is -2.35. The Balaban J connectivity index is 2.03. The molecule has 0 saturated carbocycles. The molecule has 0 saturated heterocycles. The summed E-state index contributed by atoms with van der Waals surface area (Å²) >= 11 is 0. The Morgan fingerprint density at radius 1 is 1.29 bits per heavy atom. The highest BCUT2D eigenvalue weighted by Crippen LogP contribution is 2.34. The van der Waals surface area contributed by atoms with Crippen molar-refractivity contribution in [2.75, 3.05) is 13.8 Å². The predicted molar refractivity (Wildman–Crippen MR) is 80.0 cm³/mol. The van der Waals surface area contributed by atoms with Crippen molar-refractivity contribution < 1.29 is 14.3 Å². The fraction of sp³-hybridized carbons (Fsp3) is 0.500. The van der Waals surface area contributed by atoms with Gasteiger partial charge in [-0.05, 0) is 31.0 Å². The van der Waals surface area contributed by atoms with E-state index in [1.54, 1.807) is 4.90 Å². The van der Waals surface area contributed by atoms with Crippen LogP contribution in [0.3, 0.4) is 0 Å². The number of ether oxygens (including phenoxy) is 2. The zero-order valence-corrected chi connectivity index (χ0v) is 12.8. The van der Waals surface area contributed by atoms with Crippen molar-refractivity contribution in [3.8, 4) is 11.5 Å². The van der Waals surface area contributed by atoms with Crippen LogP contribution in [0.25, 0.3) is 0 Å². The molecular formula is C16H20N2O3. The minimum Gasteiger partial charge on any atom is -0.454 e. The summed E-state index contributed by atoms with van der Waals surface area (Å²) in [5.41, 5.74) is 1.91. The summed E-state index contributed by atoms with van der Waals surface area (Å²) in [6.07, 6.45) is 0. The zero-order chi connectivity index (χ0) is 15.1. The van der Waals surface area contributed by atoms with Crippen LogP contribution in [0, 0.1) is 5.92 Å². The molecule has 0 aliphatic carbocycles. The molecule has 0 radical (unpaired) electrons. The molecule has 5 heteroatoms. The normalized spacial score (nSPS) is 24.5. The molecule has 2 atom stereocenters. The van der Waals surface area contributed by atoms with Gasteiger partial charge in [-0.2, -0.15) is 0 Å². The minimum atomic E-state index is -0.313. The van der Waals surface area contributed by atoms with Gasteiger partial charge in [0.15, 0.2) is 11.5 Å². The van der Waals surface area contributed by atoms with Crippen LogP contribution in [0.1, 0.15) is 26.3 Å². The molecule has 0 spiro atoms. The van der Waals surface area contributed by atoms with Crippen molar-refractivity contribution >= 4 is 11.6 Å². The highest BCUT2D eigenvalue weighted by atomic mass is 16.7. The summed E-state index contributed by atoms with van der Waals surface area (Å²) in [6, 6.07) is 5.45. The van der Waals surface area contributed by atoms with E-state index in [4.69, 9.17) is 14.5 Å². The maximum absolute atomic E-state index is 12.3. The van der Waals surface area contributed by atoms with Gasteiger partial charge in [0.05, 0.1) is 11.8 Å². The fourth-order valence-corrected chi connectivity index (χ4v) is 2.70. The van der Waals surface area contributed by atoms with Gasteiger partial charge >= 0.3 is 0 Å². The highest BCUT2D eigenvalue weighted by Gasteiger charge is 2.35. The molecular weight excluding hydrogens is 268 g/mol. The number of aliphatic imine (C=N–C) groups is 1. The maximum Gasteiger partial charge on any atom is 0.247 e. The number of rotatable bonds is 2. The van der Waals surface area contributed by atoms with Gasteiger partial charge in [0.25, 0.3) is 0 Å². The second-order valence-electron chi connectivity index (χ2n) is 5.90. The van der Waals surface area contributed by atoms with E-state index in [1.165, 1.54) is 0 Å². The van der Waals surface area contributed by atoms with Crippen molar-refractivity contribution in [3.05, 3.63) is 23.8 Å². The SMILES string of the molecule is CC(C)[C@@H]1N=C(c2ccc3c(c2)OCO3)C(C)N(C)C1=O. The molecule has 5 nitrogen and oxygen atoms in total. The largest absolute Gasteiger partial charge is 0.454 e. The second kappa shape index (κ2) is 5.06. The lowest BCUT2D eigenvalue weighted by atomic mass is 9.95. The van der Waals surface area contributed by atoms with E-state index in [0.29, 0.717) is 0 Å². The van der Waals surface area contributed by atoms with Gasteiger partial charge in [-0.1, -0.05) is 13.8 Å². The first-order chi connectivity index (χ1) is 9.99. The van der Waals surface area contributed by atoms with Crippen LogP contribution in [0.15, 0.2) is 23.2 Å². The standard InChI is InChI=1S/C16H20N2O3/c1-9(2)14-16(19)18(4)10(3)15(17-14)11-5-6-12-13(7-11)21-8-20-12/h5-7,9-10,14H,8H2,1-4H3/t10?,14-/m0/s1. The van der Waals surface area contributed by atoms with Crippen LogP contribution in [-0.4, -0.2) is 42.4 Å². The number of nitrogens with zero attached hydrogens (tertiary/aromatic N) is 2. The maximum atomic E-state index is 12.3. The Kier molecular flexibility index (Phi) is 3.35. The number of benzene rings is 1. The number of likely N-dealkylation sites (N-methyl/N-ethyl adjacent to an activating group) is 1. The summed E-state index contributed by atoms with van der Waals surface area (Å²) in [6.45, 7) is 6.30. The molecule has 112 valence electrons. The Morgan fingerprint density at radius 3 is 2.71 bits per heavy atom. The smallest absolute Gasteiger partial charge is 0.247 e. The average Bonchev–Trinajstić information content (AvgIpc) is 2.92. The topological polar surface area (TPSA) is 51.1 Å². The molecule has 2 aliphatic heterocycles. The first-order valence-corrected chi connectivity index (χ1v) is 7.23. The van der Waals surface area contributed by atoms with Crippen molar-refractivity contribution in [2.24, 2.45) is 10.9 Å². The Labute approximate surface area is 124 Å². The lowest BCUT2D eigenvalue weighted by molar-refractivity contribution is -0.133. The van der Waals surface area contributed by atoms with Crippen molar-refractivity contribution in [3.63, 3.8) is 0 Å². The number of amides is 1. The van der Waals surface area contributed by atoms with E-state index in [-0.39, 0.29) is 30.7 Å². The number of hydrogen-bond donors (Lipinski definition) is 0. The van der Waals surface area contributed by atoms with E-state index in [0.717, 1.165) is 22.8 Å². The van der Waals surface area contributed by atoms with Crippen molar-refractivity contribution in [1.82, 2.24) is 4.90 Å². The molecule has 21 heavy (non-hydrogen) atoms. The van der Waals surface area contributed by atoms with Gasteiger partial charge in [0.2, 0.25) is 12.7 Å². The second-order valence-corrected chi connectivity index (χ2v) is 5.90. The fourth-order valence-electron chi connectivity index (χ4n) is 2.70. The molecule has 0 aromatic heterocycles. The van der Waals surface area contributed by atoms with Gasteiger partial charge in [-0.3, -0.25) is 9.79 Å². The lowest BCUT2D eigenvalue weighted by Crippen LogP contribution is -2.51. The highest BCUT2D eigenvalue weighted by molar-refractivity contribution is 6.09. The van der Waals surface area contributed by atoms with E-state index in [2.05, 4.69) is 0 Å². The summed E-state index contributed by atoms with van der Waals surface area (Å²) in [4.78, 5) is 18.8. The van der Waals surface area contributed by atoms with E-state index >= 15 is 0 Å². The Bertz CT molecular complexity index is 610. The van der Waals surface area contributed by atoms with Crippen LogP contribution >= 0.6 is 0 Å². The molecule has 1 aromatic carbocycles. The summed E-state index contributed by atoms with van der Waals surface area (Å²) in [5.74, 6) is 1.76. The first-order valence-electron chi connectivity index (χ1n) is 7.23. The molecule has 2 aliphatic rings.